The van der Waals surface area contributed by atoms with Gasteiger partial charge in [0, 0.05) is 29.7 Å². The van der Waals surface area contributed by atoms with Crippen LogP contribution in [-0.2, 0) is 0 Å². The summed E-state index contributed by atoms with van der Waals surface area (Å²) in [6.07, 6.45) is 5.52. The van der Waals surface area contributed by atoms with Crippen LogP contribution in [-0.4, -0.2) is 24.3 Å². The molecule has 2 aromatic rings. The summed E-state index contributed by atoms with van der Waals surface area (Å²) in [6, 6.07) is 6.10. The SMILES string of the molecule is Nc1csc(NN=Cc2ccc(N3CCCCC3)cc2Cl)n1. The van der Waals surface area contributed by atoms with Crippen LogP contribution in [0.25, 0.3) is 0 Å². The van der Waals surface area contributed by atoms with Gasteiger partial charge < -0.3 is 10.6 Å². The Kier molecular flexibility index (Phi) is 4.80. The Morgan fingerprint density at radius 2 is 2.14 bits per heavy atom. The number of nitrogens with two attached hydrogens (primary N) is 1. The molecule has 0 bridgehead atoms. The number of hydrogen-bond acceptors (Lipinski definition) is 6. The number of hydrogen-bond donors (Lipinski definition) is 2. The van der Waals surface area contributed by atoms with Gasteiger partial charge in [0.2, 0.25) is 5.13 Å². The molecular formula is C15H18ClN5S. The fraction of sp³-hybridized carbons (Fsp3) is 0.333. The van der Waals surface area contributed by atoms with E-state index in [1.165, 1.54) is 36.3 Å². The molecule has 1 aromatic carbocycles. The van der Waals surface area contributed by atoms with Gasteiger partial charge in [0.25, 0.3) is 0 Å². The van der Waals surface area contributed by atoms with Gasteiger partial charge in [-0.15, -0.1) is 11.3 Å². The molecule has 0 radical (unpaired) electrons. The van der Waals surface area contributed by atoms with E-state index in [2.05, 4.69) is 26.5 Å². The molecule has 0 saturated carbocycles. The van der Waals surface area contributed by atoms with Crippen molar-refractivity contribution in [2.75, 3.05) is 29.1 Å². The summed E-state index contributed by atoms with van der Waals surface area (Å²) >= 11 is 7.77. The maximum atomic E-state index is 6.36. The minimum Gasteiger partial charge on any atom is -0.383 e. The average Bonchev–Trinajstić information content (AvgIpc) is 2.95. The van der Waals surface area contributed by atoms with E-state index < -0.39 is 0 Å². The van der Waals surface area contributed by atoms with Gasteiger partial charge in [-0.3, -0.25) is 5.43 Å². The molecule has 3 rings (SSSR count). The topological polar surface area (TPSA) is 66.5 Å². The Labute approximate surface area is 138 Å². The van der Waals surface area contributed by atoms with Gasteiger partial charge in [0.05, 0.1) is 11.2 Å². The molecule has 0 spiro atoms. The third kappa shape index (κ3) is 3.69. The second kappa shape index (κ2) is 6.98. The molecule has 0 amide bonds. The lowest BCUT2D eigenvalue weighted by Gasteiger charge is -2.29. The summed E-state index contributed by atoms with van der Waals surface area (Å²) < 4.78 is 0. The number of benzene rings is 1. The van der Waals surface area contributed by atoms with Crippen molar-refractivity contribution in [3.05, 3.63) is 34.2 Å². The monoisotopic (exact) mass is 335 g/mol. The van der Waals surface area contributed by atoms with Gasteiger partial charge in [-0.05, 0) is 37.5 Å². The highest BCUT2D eigenvalue weighted by Crippen LogP contribution is 2.25. The lowest BCUT2D eigenvalue weighted by molar-refractivity contribution is 0.578. The van der Waals surface area contributed by atoms with E-state index in [0.29, 0.717) is 16.0 Å². The van der Waals surface area contributed by atoms with Crippen LogP contribution >= 0.6 is 22.9 Å². The molecule has 3 N–H and O–H groups in total. The van der Waals surface area contributed by atoms with E-state index in [4.69, 9.17) is 17.3 Å². The van der Waals surface area contributed by atoms with E-state index >= 15 is 0 Å². The normalized spacial score (nSPS) is 15.4. The number of nitrogens with zero attached hydrogens (tertiary/aromatic N) is 3. The quantitative estimate of drug-likeness (QED) is 0.658. The third-order valence-corrected chi connectivity index (χ3v) is 4.68. The molecule has 0 aliphatic carbocycles. The number of nitrogen functional groups attached to an aromatic ring is 1. The second-order valence-electron chi connectivity index (χ2n) is 5.20. The molecule has 1 aromatic heterocycles. The zero-order valence-electron chi connectivity index (χ0n) is 12.1. The van der Waals surface area contributed by atoms with Gasteiger partial charge in [0.15, 0.2) is 0 Å². The fourth-order valence-corrected chi connectivity index (χ4v) is 3.24. The predicted octanol–water partition coefficient (Wildman–Crippen LogP) is 3.82. The molecule has 116 valence electrons. The van der Waals surface area contributed by atoms with Crippen molar-refractivity contribution in [1.82, 2.24) is 4.98 Å². The zero-order valence-corrected chi connectivity index (χ0v) is 13.7. The van der Waals surface area contributed by atoms with Crippen LogP contribution in [0, 0.1) is 0 Å². The molecule has 1 aliphatic heterocycles. The minimum absolute atomic E-state index is 0.492. The summed E-state index contributed by atoms with van der Waals surface area (Å²) in [4.78, 5) is 6.45. The Bertz CT molecular complexity index is 664. The number of rotatable bonds is 4. The van der Waals surface area contributed by atoms with Gasteiger partial charge in [-0.1, -0.05) is 11.6 Å². The first-order valence-corrected chi connectivity index (χ1v) is 8.53. The van der Waals surface area contributed by atoms with Crippen molar-refractivity contribution in [3.8, 4) is 0 Å². The molecule has 0 atom stereocenters. The van der Waals surface area contributed by atoms with Crippen LogP contribution in [0.2, 0.25) is 5.02 Å². The highest BCUT2D eigenvalue weighted by molar-refractivity contribution is 7.14. The summed E-state index contributed by atoms with van der Waals surface area (Å²) in [5.41, 5.74) is 10.5. The fourth-order valence-electron chi connectivity index (χ4n) is 2.46. The largest absolute Gasteiger partial charge is 0.383 e. The molecule has 2 heterocycles. The van der Waals surface area contributed by atoms with E-state index in [9.17, 15) is 0 Å². The molecule has 22 heavy (non-hydrogen) atoms. The van der Waals surface area contributed by atoms with Crippen molar-refractivity contribution in [3.63, 3.8) is 0 Å². The first kappa shape index (κ1) is 15.1. The van der Waals surface area contributed by atoms with E-state index in [-0.39, 0.29) is 0 Å². The highest BCUT2D eigenvalue weighted by Gasteiger charge is 2.11. The zero-order chi connectivity index (χ0) is 15.4. The van der Waals surface area contributed by atoms with Crippen LogP contribution in [0.1, 0.15) is 24.8 Å². The molecular weight excluding hydrogens is 318 g/mol. The van der Waals surface area contributed by atoms with Crippen LogP contribution in [0.4, 0.5) is 16.6 Å². The number of anilines is 3. The van der Waals surface area contributed by atoms with Gasteiger partial charge >= 0.3 is 0 Å². The van der Waals surface area contributed by atoms with Crippen molar-refractivity contribution in [1.29, 1.82) is 0 Å². The smallest absolute Gasteiger partial charge is 0.205 e. The van der Waals surface area contributed by atoms with Gasteiger partial charge in [0.1, 0.15) is 5.82 Å². The van der Waals surface area contributed by atoms with Crippen molar-refractivity contribution >= 4 is 45.8 Å². The maximum absolute atomic E-state index is 6.36. The lowest BCUT2D eigenvalue weighted by Crippen LogP contribution is -2.29. The maximum Gasteiger partial charge on any atom is 0.205 e. The van der Waals surface area contributed by atoms with Crippen molar-refractivity contribution in [2.45, 2.75) is 19.3 Å². The number of aromatic nitrogens is 1. The molecule has 7 heteroatoms. The highest BCUT2D eigenvalue weighted by atomic mass is 35.5. The van der Waals surface area contributed by atoms with E-state index in [0.717, 1.165) is 18.7 Å². The minimum atomic E-state index is 0.492. The molecule has 1 fully saturated rings. The number of thiazole rings is 1. The number of halogens is 1. The van der Waals surface area contributed by atoms with Crippen LogP contribution in [0.15, 0.2) is 28.7 Å². The predicted molar refractivity (Wildman–Crippen MR) is 95.3 cm³/mol. The van der Waals surface area contributed by atoms with Crippen LogP contribution in [0.5, 0.6) is 0 Å². The van der Waals surface area contributed by atoms with Gasteiger partial charge in [-0.25, -0.2) is 4.98 Å². The molecule has 1 aliphatic rings. The number of piperidine rings is 1. The second-order valence-corrected chi connectivity index (χ2v) is 6.47. The van der Waals surface area contributed by atoms with Crippen molar-refractivity contribution < 1.29 is 0 Å². The third-order valence-electron chi connectivity index (χ3n) is 3.59. The summed E-state index contributed by atoms with van der Waals surface area (Å²) in [7, 11) is 0. The van der Waals surface area contributed by atoms with Crippen molar-refractivity contribution in [2.24, 2.45) is 5.10 Å². The first-order chi connectivity index (χ1) is 10.7. The standard InChI is InChI=1S/C15H18ClN5S/c16-13-8-12(21-6-2-1-3-7-21)5-4-11(13)9-18-20-15-19-14(17)10-22-15/h4-5,8-10H,1-3,6-7,17H2,(H,19,20). The summed E-state index contributed by atoms with van der Waals surface area (Å²) in [5.74, 6) is 0.492. The molecule has 0 unspecified atom stereocenters. The van der Waals surface area contributed by atoms with Gasteiger partial charge in [-0.2, -0.15) is 5.10 Å². The Morgan fingerprint density at radius 1 is 1.32 bits per heavy atom. The van der Waals surface area contributed by atoms with E-state index in [1.54, 1.807) is 11.6 Å². The number of nitrogens with one attached hydrogen (secondary N) is 1. The average molecular weight is 336 g/mol. The molecule has 5 nitrogen and oxygen atoms in total. The van der Waals surface area contributed by atoms with Crippen LogP contribution in [0.3, 0.4) is 0 Å². The Morgan fingerprint density at radius 3 is 2.82 bits per heavy atom. The first-order valence-electron chi connectivity index (χ1n) is 7.27. The van der Waals surface area contributed by atoms with Crippen LogP contribution < -0.4 is 16.1 Å². The lowest BCUT2D eigenvalue weighted by atomic mass is 10.1. The number of hydrazone groups is 1. The Hall–Kier alpha value is -1.79. The summed E-state index contributed by atoms with van der Waals surface area (Å²) in [5, 5.41) is 7.27. The summed E-state index contributed by atoms with van der Waals surface area (Å²) in [6.45, 7) is 2.22. The van der Waals surface area contributed by atoms with E-state index in [1.807, 2.05) is 12.1 Å². The molecule has 1 saturated heterocycles. The Balaban J connectivity index is 1.66.